The summed E-state index contributed by atoms with van der Waals surface area (Å²) in [7, 11) is 0. The van der Waals surface area contributed by atoms with Crippen LogP contribution >= 0.6 is 0 Å². The molecule has 0 aliphatic heterocycles. The van der Waals surface area contributed by atoms with Gasteiger partial charge in [-0.2, -0.15) is 0 Å². The van der Waals surface area contributed by atoms with Gasteiger partial charge in [0.1, 0.15) is 11.5 Å². The smallest absolute Gasteiger partial charge is 0.311 e. The number of carboxylic acid groups (broad SMARTS) is 1. The summed E-state index contributed by atoms with van der Waals surface area (Å²) in [6.45, 7) is 1.61. The number of amides is 1. The van der Waals surface area contributed by atoms with Crippen molar-refractivity contribution in [1.82, 2.24) is 5.32 Å². The Hall–Kier alpha value is -2.24. The van der Waals surface area contributed by atoms with Crippen molar-refractivity contribution in [2.45, 2.75) is 32.2 Å². The predicted octanol–water partition coefficient (Wildman–Crippen LogP) is 1.47. The van der Waals surface area contributed by atoms with Crippen LogP contribution in [0.2, 0.25) is 0 Å². The quantitative estimate of drug-likeness (QED) is 0.627. The van der Waals surface area contributed by atoms with Gasteiger partial charge in [-0.3, -0.25) is 9.59 Å². The molecule has 0 bridgehead atoms. The van der Waals surface area contributed by atoms with Crippen LogP contribution in [0.3, 0.4) is 0 Å². The number of rotatable bonds is 3. The van der Waals surface area contributed by atoms with Gasteiger partial charge in [0.2, 0.25) is 0 Å². The summed E-state index contributed by atoms with van der Waals surface area (Å²) < 4.78 is 0. The van der Waals surface area contributed by atoms with Crippen LogP contribution in [0.15, 0.2) is 18.2 Å². The monoisotopic (exact) mass is 279 g/mol. The summed E-state index contributed by atoms with van der Waals surface area (Å²) in [5.41, 5.74) is -1.06. The van der Waals surface area contributed by atoms with E-state index < -0.39 is 23.3 Å². The van der Waals surface area contributed by atoms with Crippen LogP contribution < -0.4 is 5.32 Å². The highest BCUT2D eigenvalue weighted by Crippen LogP contribution is 2.38. The third-order valence-electron chi connectivity index (χ3n) is 3.98. The van der Waals surface area contributed by atoms with Crippen molar-refractivity contribution in [2.75, 3.05) is 0 Å². The van der Waals surface area contributed by atoms with E-state index in [0.717, 1.165) is 12.5 Å². The molecule has 2 unspecified atom stereocenters. The minimum Gasteiger partial charge on any atom is -0.508 e. The van der Waals surface area contributed by atoms with E-state index >= 15 is 0 Å². The van der Waals surface area contributed by atoms with E-state index in [4.69, 9.17) is 0 Å². The van der Waals surface area contributed by atoms with E-state index in [1.54, 1.807) is 6.92 Å². The van der Waals surface area contributed by atoms with E-state index in [-0.39, 0.29) is 17.1 Å². The Morgan fingerprint density at radius 1 is 1.35 bits per heavy atom. The van der Waals surface area contributed by atoms with E-state index in [1.165, 1.54) is 12.1 Å². The minimum atomic E-state index is -0.998. The predicted molar refractivity (Wildman–Crippen MR) is 70.6 cm³/mol. The lowest BCUT2D eigenvalue weighted by molar-refractivity contribution is -0.148. The largest absolute Gasteiger partial charge is 0.508 e. The number of hydrogen-bond acceptors (Lipinski definition) is 4. The van der Waals surface area contributed by atoms with Crippen LogP contribution in [-0.2, 0) is 4.79 Å². The SMILES string of the molecule is CC1(C(=O)O)CCCC1NC(=O)c1cc(O)ccc1O. The van der Waals surface area contributed by atoms with Gasteiger partial charge in [0.05, 0.1) is 11.0 Å². The molecular formula is C14H17NO5. The second-order valence-corrected chi connectivity index (χ2v) is 5.34. The molecule has 2 atom stereocenters. The standard InChI is InChI=1S/C14H17NO5/c1-14(13(19)20)6-2-3-11(14)15-12(18)9-7-8(16)4-5-10(9)17/h4-5,7,11,16-17H,2-3,6H2,1H3,(H,15,18)(H,19,20). The number of benzene rings is 1. The summed E-state index contributed by atoms with van der Waals surface area (Å²) in [4.78, 5) is 23.4. The number of nitrogens with one attached hydrogen (secondary N) is 1. The van der Waals surface area contributed by atoms with Crippen LogP contribution in [0, 0.1) is 5.41 Å². The molecule has 0 radical (unpaired) electrons. The molecule has 0 saturated heterocycles. The number of hydrogen-bond donors (Lipinski definition) is 4. The summed E-state index contributed by atoms with van der Waals surface area (Å²) >= 11 is 0. The first-order valence-corrected chi connectivity index (χ1v) is 6.41. The van der Waals surface area contributed by atoms with Gasteiger partial charge in [-0.25, -0.2) is 0 Å². The molecule has 2 rings (SSSR count). The highest BCUT2D eigenvalue weighted by molar-refractivity contribution is 5.97. The molecule has 20 heavy (non-hydrogen) atoms. The zero-order valence-electron chi connectivity index (χ0n) is 11.1. The van der Waals surface area contributed by atoms with E-state index in [9.17, 15) is 24.9 Å². The third-order valence-corrected chi connectivity index (χ3v) is 3.98. The average Bonchev–Trinajstić information content (AvgIpc) is 2.75. The van der Waals surface area contributed by atoms with Gasteiger partial charge in [-0.15, -0.1) is 0 Å². The Bertz CT molecular complexity index is 556. The fraction of sp³-hybridized carbons (Fsp3) is 0.429. The van der Waals surface area contributed by atoms with Crippen molar-refractivity contribution >= 4 is 11.9 Å². The number of aromatic hydroxyl groups is 2. The Balaban J connectivity index is 2.19. The van der Waals surface area contributed by atoms with Crippen LogP contribution in [0.5, 0.6) is 11.5 Å². The van der Waals surface area contributed by atoms with Crippen molar-refractivity contribution in [3.8, 4) is 11.5 Å². The molecule has 6 nitrogen and oxygen atoms in total. The lowest BCUT2D eigenvalue weighted by atomic mass is 9.85. The lowest BCUT2D eigenvalue weighted by Crippen LogP contribution is -2.47. The molecule has 6 heteroatoms. The number of carboxylic acids is 1. The Morgan fingerprint density at radius 2 is 2.05 bits per heavy atom. The maximum atomic E-state index is 12.1. The minimum absolute atomic E-state index is 0.0651. The molecule has 1 aromatic carbocycles. The number of carbonyl (C=O) groups excluding carboxylic acids is 1. The first-order chi connectivity index (χ1) is 9.34. The lowest BCUT2D eigenvalue weighted by Gasteiger charge is -2.27. The van der Waals surface area contributed by atoms with Crippen molar-refractivity contribution in [3.05, 3.63) is 23.8 Å². The van der Waals surface area contributed by atoms with Crippen molar-refractivity contribution in [2.24, 2.45) is 5.41 Å². The molecule has 1 fully saturated rings. The Morgan fingerprint density at radius 3 is 2.70 bits per heavy atom. The molecule has 1 aliphatic rings. The topological polar surface area (TPSA) is 107 Å². The highest BCUT2D eigenvalue weighted by atomic mass is 16.4. The Kier molecular flexibility index (Phi) is 3.57. The molecular weight excluding hydrogens is 262 g/mol. The van der Waals surface area contributed by atoms with Crippen molar-refractivity contribution < 1.29 is 24.9 Å². The van der Waals surface area contributed by atoms with Crippen molar-refractivity contribution in [1.29, 1.82) is 0 Å². The van der Waals surface area contributed by atoms with Crippen LogP contribution in [-0.4, -0.2) is 33.2 Å². The van der Waals surface area contributed by atoms with Gasteiger partial charge in [0, 0.05) is 6.04 Å². The van der Waals surface area contributed by atoms with E-state index in [2.05, 4.69) is 5.32 Å². The third kappa shape index (κ3) is 2.41. The molecule has 1 aliphatic carbocycles. The fourth-order valence-electron chi connectivity index (χ4n) is 2.60. The van der Waals surface area contributed by atoms with Crippen LogP contribution in [0.1, 0.15) is 36.5 Å². The van der Waals surface area contributed by atoms with E-state index in [0.29, 0.717) is 12.8 Å². The molecule has 1 aromatic rings. The summed E-state index contributed by atoms with van der Waals surface area (Å²) in [6, 6.07) is 3.14. The summed E-state index contributed by atoms with van der Waals surface area (Å²) in [5, 5.41) is 30.9. The van der Waals surface area contributed by atoms with Crippen LogP contribution in [0.25, 0.3) is 0 Å². The van der Waals surface area contributed by atoms with Crippen LogP contribution in [0.4, 0.5) is 0 Å². The van der Waals surface area contributed by atoms with Gasteiger partial charge in [0.25, 0.3) is 5.91 Å². The van der Waals surface area contributed by atoms with Gasteiger partial charge >= 0.3 is 5.97 Å². The molecule has 0 heterocycles. The van der Waals surface area contributed by atoms with E-state index in [1.807, 2.05) is 0 Å². The molecule has 0 spiro atoms. The molecule has 108 valence electrons. The first-order valence-electron chi connectivity index (χ1n) is 6.41. The number of carbonyl (C=O) groups is 2. The van der Waals surface area contributed by atoms with Crippen molar-refractivity contribution in [3.63, 3.8) is 0 Å². The number of phenols is 2. The maximum Gasteiger partial charge on any atom is 0.311 e. The van der Waals surface area contributed by atoms with Gasteiger partial charge in [0.15, 0.2) is 0 Å². The summed E-state index contributed by atoms with van der Waals surface area (Å²) in [5.74, 6) is -1.92. The normalized spacial score (nSPS) is 25.4. The van der Waals surface area contributed by atoms with Gasteiger partial charge in [-0.05, 0) is 38.0 Å². The maximum absolute atomic E-state index is 12.1. The molecule has 4 N–H and O–H groups in total. The zero-order chi connectivity index (χ0) is 14.9. The molecule has 1 saturated carbocycles. The highest BCUT2D eigenvalue weighted by Gasteiger charge is 2.46. The second kappa shape index (κ2) is 5.03. The first kappa shape index (κ1) is 14.2. The summed E-state index contributed by atoms with van der Waals surface area (Å²) in [6.07, 6.45) is 1.80. The molecule has 1 amide bonds. The Labute approximate surface area is 116 Å². The van der Waals surface area contributed by atoms with Gasteiger partial charge < -0.3 is 20.6 Å². The fourth-order valence-corrected chi connectivity index (χ4v) is 2.60. The zero-order valence-corrected chi connectivity index (χ0v) is 11.1. The second-order valence-electron chi connectivity index (χ2n) is 5.34. The number of phenolic OH excluding ortho intramolecular Hbond substituents is 2. The molecule has 0 aromatic heterocycles. The average molecular weight is 279 g/mol. The number of aliphatic carboxylic acids is 1. The van der Waals surface area contributed by atoms with Gasteiger partial charge in [-0.1, -0.05) is 6.42 Å².